The van der Waals surface area contributed by atoms with E-state index in [1.165, 1.54) is 6.08 Å². The number of carbonyl (C=O) groups is 1. The van der Waals surface area contributed by atoms with Gasteiger partial charge in [-0.15, -0.1) is 0 Å². The molecule has 6 heteroatoms. The van der Waals surface area contributed by atoms with Gasteiger partial charge in [0.1, 0.15) is 5.15 Å². The summed E-state index contributed by atoms with van der Waals surface area (Å²) >= 11 is 6.38. The fraction of sp³-hybridized carbons (Fsp3) is 0.368. The molecule has 0 radical (unpaired) electrons. The van der Waals surface area contributed by atoms with Crippen LogP contribution in [0.15, 0.2) is 30.3 Å². The van der Waals surface area contributed by atoms with Crippen LogP contribution in [0, 0.1) is 6.92 Å². The third-order valence-electron chi connectivity index (χ3n) is 3.81. The maximum Gasteiger partial charge on any atom is 0.248 e. The van der Waals surface area contributed by atoms with Gasteiger partial charge in [-0.3, -0.25) is 9.48 Å². The van der Waals surface area contributed by atoms with Crippen molar-refractivity contribution in [3.05, 3.63) is 52.3 Å². The summed E-state index contributed by atoms with van der Waals surface area (Å²) in [6.07, 6.45) is 5.27. The Labute approximate surface area is 153 Å². The summed E-state index contributed by atoms with van der Waals surface area (Å²) < 4.78 is 6.93. The van der Waals surface area contributed by atoms with E-state index in [4.69, 9.17) is 16.3 Å². The lowest BCUT2D eigenvalue weighted by molar-refractivity contribution is -0.111. The summed E-state index contributed by atoms with van der Waals surface area (Å²) in [5, 5.41) is 7.87. The molecule has 5 nitrogen and oxygen atoms in total. The lowest BCUT2D eigenvalue weighted by atomic mass is 10.2. The monoisotopic (exact) mass is 361 g/mol. The molecule has 1 aromatic carbocycles. The molecule has 25 heavy (non-hydrogen) atoms. The number of benzene rings is 1. The number of unbranched alkanes of at least 4 members (excludes halogenated alkanes) is 1. The minimum Gasteiger partial charge on any atom is -0.380 e. The summed E-state index contributed by atoms with van der Waals surface area (Å²) in [6.45, 7) is 5.23. The van der Waals surface area contributed by atoms with E-state index in [0.29, 0.717) is 11.8 Å². The van der Waals surface area contributed by atoms with Crippen LogP contribution in [-0.2, 0) is 22.7 Å². The van der Waals surface area contributed by atoms with E-state index < -0.39 is 0 Å². The van der Waals surface area contributed by atoms with Crippen molar-refractivity contribution in [3.8, 4) is 0 Å². The number of hydrogen-bond donors (Lipinski definition) is 1. The van der Waals surface area contributed by atoms with E-state index >= 15 is 0 Å². The van der Waals surface area contributed by atoms with E-state index in [-0.39, 0.29) is 5.91 Å². The summed E-state index contributed by atoms with van der Waals surface area (Å²) in [4.78, 5) is 12.2. The molecule has 0 unspecified atom stereocenters. The van der Waals surface area contributed by atoms with Gasteiger partial charge < -0.3 is 10.1 Å². The van der Waals surface area contributed by atoms with Gasteiger partial charge in [0, 0.05) is 36.5 Å². The highest BCUT2D eigenvalue weighted by Gasteiger charge is 2.11. The Bertz CT molecular complexity index is 753. The van der Waals surface area contributed by atoms with Crippen LogP contribution in [0.25, 0.3) is 6.08 Å². The fourth-order valence-electron chi connectivity index (χ4n) is 2.47. The highest BCUT2D eigenvalue weighted by atomic mass is 35.5. The molecular weight excluding hydrogens is 338 g/mol. The summed E-state index contributed by atoms with van der Waals surface area (Å²) in [6, 6.07) is 7.55. The first-order valence-corrected chi connectivity index (χ1v) is 8.73. The van der Waals surface area contributed by atoms with Gasteiger partial charge in [-0.2, -0.15) is 5.10 Å². The number of ether oxygens (including phenoxy) is 1. The molecule has 0 aliphatic carbocycles. The average Bonchev–Trinajstić information content (AvgIpc) is 2.86. The predicted octanol–water partition coefficient (Wildman–Crippen LogP) is 4.44. The first-order chi connectivity index (χ1) is 12.1. The van der Waals surface area contributed by atoms with Crippen LogP contribution in [0.5, 0.6) is 0 Å². The Morgan fingerprint density at radius 1 is 1.40 bits per heavy atom. The number of rotatable bonds is 8. The Balaban J connectivity index is 2.09. The first kappa shape index (κ1) is 19.2. The van der Waals surface area contributed by atoms with Crippen molar-refractivity contribution < 1.29 is 9.53 Å². The summed E-state index contributed by atoms with van der Waals surface area (Å²) in [5.74, 6) is -0.222. The molecule has 0 saturated heterocycles. The number of nitrogens with one attached hydrogen (secondary N) is 1. The number of para-hydroxylation sites is 1. The van der Waals surface area contributed by atoms with Crippen LogP contribution in [-0.4, -0.2) is 22.8 Å². The van der Waals surface area contributed by atoms with Crippen molar-refractivity contribution in [3.63, 3.8) is 0 Å². The van der Waals surface area contributed by atoms with Gasteiger partial charge in [-0.05, 0) is 25.5 Å². The van der Waals surface area contributed by atoms with Crippen LogP contribution in [0.3, 0.4) is 0 Å². The van der Waals surface area contributed by atoms with Crippen LogP contribution < -0.4 is 5.32 Å². The molecular formula is C19H24ClN3O2. The largest absolute Gasteiger partial charge is 0.380 e. The van der Waals surface area contributed by atoms with Crippen LogP contribution in [0.1, 0.15) is 36.6 Å². The van der Waals surface area contributed by atoms with Gasteiger partial charge in [0.2, 0.25) is 5.91 Å². The Hall–Kier alpha value is -2.11. The molecule has 0 aliphatic heterocycles. The zero-order valence-electron chi connectivity index (χ0n) is 14.9. The third-order valence-corrected chi connectivity index (χ3v) is 4.21. The van der Waals surface area contributed by atoms with E-state index in [9.17, 15) is 4.79 Å². The second-order valence-corrected chi connectivity index (χ2v) is 6.14. The number of carbonyl (C=O) groups excluding carboxylic acids is 1. The fourth-order valence-corrected chi connectivity index (χ4v) is 2.79. The van der Waals surface area contributed by atoms with Crippen molar-refractivity contribution in [2.45, 2.75) is 39.8 Å². The van der Waals surface area contributed by atoms with Crippen molar-refractivity contribution in [2.24, 2.45) is 0 Å². The highest BCUT2D eigenvalue weighted by molar-refractivity contribution is 6.31. The number of methoxy groups -OCH3 is 1. The number of anilines is 1. The minimum absolute atomic E-state index is 0.222. The molecule has 1 N–H and O–H groups in total. The normalized spacial score (nSPS) is 11.2. The maximum absolute atomic E-state index is 12.2. The first-order valence-electron chi connectivity index (χ1n) is 8.35. The van der Waals surface area contributed by atoms with Crippen molar-refractivity contribution in [2.75, 3.05) is 12.4 Å². The lowest BCUT2D eigenvalue weighted by Crippen LogP contribution is -2.10. The van der Waals surface area contributed by atoms with E-state index in [1.54, 1.807) is 17.9 Å². The molecule has 2 rings (SSSR count). The molecule has 1 heterocycles. The quantitative estimate of drug-likeness (QED) is 0.707. The van der Waals surface area contributed by atoms with Crippen molar-refractivity contribution in [1.29, 1.82) is 0 Å². The second kappa shape index (κ2) is 9.39. The summed E-state index contributed by atoms with van der Waals surface area (Å²) in [7, 11) is 1.62. The molecule has 1 amide bonds. The lowest BCUT2D eigenvalue weighted by Gasteiger charge is -2.08. The van der Waals surface area contributed by atoms with Gasteiger partial charge in [0.25, 0.3) is 0 Å². The van der Waals surface area contributed by atoms with Crippen LogP contribution in [0.4, 0.5) is 5.69 Å². The Morgan fingerprint density at radius 3 is 2.88 bits per heavy atom. The molecule has 1 aromatic heterocycles. The average molecular weight is 362 g/mol. The molecule has 0 atom stereocenters. The van der Waals surface area contributed by atoms with E-state index in [2.05, 4.69) is 17.3 Å². The SMILES string of the molecule is CCCCn1nc(C)c(/C=C/C(=O)Nc2ccccc2COC)c1Cl. The third kappa shape index (κ3) is 5.18. The smallest absolute Gasteiger partial charge is 0.248 e. The molecule has 134 valence electrons. The number of halogens is 1. The zero-order valence-corrected chi connectivity index (χ0v) is 15.6. The number of amides is 1. The molecule has 0 spiro atoms. The predicted molar refractivity (Wildman–Crippen MR) is 102 cm³/mol. The van der Waals surface area contributed by atoms with Crippen LogP contribution >= 0.6 is 11.6 Å². The van der Waals surface area contributed by atoms with E-state index in [0.717, 1.165) is 41.9 Å². The van der Waals surface area contributed by atoms with Gasteiger partial charge in [-0.1, -0.05) is 43.1 Å². The number of hydrogen-bond acceptors (Lipinski definition) is 3. The molecule has 0 aliphatic rings. The molecule has 2 aromatic rings. The highest BCUT2D eigenvalue weighted by Crippen LogP contribution is 2.22. The van der Waals surface area contributed by atoms with Gasteiger partial charge >= 0.3 is 0 Å². The van der Waals surface area contributed by atoms with Gasteiger partial charge in [0.05, 0.1) is 12.3 Å². The zero-order chi connectivity index (χ0) is 18.2. The van der Waals surface area contributed by atoms with Crippen LogP contribution in [0.2, 0.25) is 5.15 Å². The number of aryl methyl sites for hydroxylation is 2. The van der Waals surface area contributed by atoms with Crippen molar-refractivity contribution in [1.82, 2.24) is 9.78 Å². The Kier molecular flexibility index (Phi) is 7.22. The topological polar surface area (TPSA) is 56.2 Å². The summed E-state index contributed by atoms with van der Waals surface area (Å²) in [5.41, 5.74) is 3.25. The second-order valence-electron chi connectivity index (χ2n) is 5.78. The molecule has 0 saturated carbocycles. The van der Waals surface area contributed by atoms with Crippen molar-refractivity contribution >= 4 is 29.3 Å². The number of aromatic nitrogens is 2. The molecule has 0 fully saturated rings. The van der Waals surface area contributed by atoms with Gasteiger partial charge in [-0.25, -0.2) is 0 Å². The maximum atomic E-state index is 12.2. The van der Waals surface area contributed by atoms with Gasteiger partial charge in [0.15, 0.2) is 0 Å². The molecule has 0 bridgehead atoms. The standard InChI is InChI=1S/C19H24ClN3O2/c1-4-5-12-23-19(20)16(14(2)22-23)10-11-18(24)21-17-9-7-6-8-15(17)13-25-3/h6-11H,4-5,12-13H2,1-3H3,(H,21,24)/b11-10+. The van der Waals surface area contributed by atoms with E-state index in [1.807, 2.05) is 31.2 Å². The minimum atomic E-state index is -0.222. The Morgan fingerprint density at radius 2 is 2.16 bits per heavy atom. The number of nitrogens with zero attached hydrogens (tertiary/aromatic N) is 2.